The van der Waals surface area contributed by atoms with Gasteiger partial charge >= 0.3 is 0 Å². The Hall–Kier alpha value is -0.200. The van der Waals surface area contributed by atoms with Gasteiger partial charge in [0.25, 0.3) is 0 Å². The maximum atomic E-state index is 10.3. The fraction of sp³-hybridized carbons (Fsp3) is 1.00. The topological polar surface area (TPSA) is 76.7 Å². The number of piperidine rings is 1. The SMILES string of the molecule is NCC1(O)CCNCC1CC1OCCO1. The Morgan fingerprint density at radius 2 is 2.13 bits per heavy atom. The molecule has 0 radical (unpaired) electrons. The zero-order valence-corrected chi connectivity index (χ0v) is 8.95. The van der Waals surface area contributed by atoms with E-state index in [1.54, 1.807) is 0 Å². The number of rotatable bonds is 3. The summed E-state index contributed by atoms with van der Waals surface area (Å²) in [4.78, 5) is 0. The first-order valence-electron chi connectivity index (χ1n) is 5.61. The van der Waals surface area contributed by atoms with E-state index < -0.39 is 5.60 Å². The van der Waals surface area contributed by atoms with Crippen molar-refractivity contribution < 1.29 is 14.6 Å². The number of ether oxygens (including phenoxy) is 2. The van der Waals surface area contributed by atoms with Crippen LogP contribution in [0.5, 0.6) is 0 Å². The summed E-state index contributed by atoms with van der Waals surface area (Å²) in [6.45, 7) is 3.25. The molecular weight excluding hydrogens is 196 g/mol. The molecule has 2 heterocycles. The van der Waals surface area contributed by atoms with Gasteiger partial charge in [0, 0.05) is 25.4 Å². The zero-order valence-electron chi connectivity index (χ0n) is 8.95. The monoisotopic (exact) mass is 216 g/mol. The van der Waals surface area contributed by atoms with E-state index in [2.05, 4.69) is 5.32 Å². The van der Waals surface area contributed by atoms with Gasteiger partial charge in [-0.25, -0.2) is 0 Å². The van der Waals surface area contributed by atoms with Gasteiger partial charge in [-0.3, -0.25) is 0 Å². The minimum absolute atomic E-state index is 0.124. The molecule has 2 saturated heterocycles. The summed E-state index contributed by atoms with van der Waals surface area (Å²) in [6, 6.07) is 0. The maximum Gasteiger partial charge on any atom is 0.158 e. The summed E-state index contributed by atoms with van der Waals surface area (Å²) >= 11 is 0. The van der Waals surface area contributed by atoms with Crippen molar-refractivity contribution in [1.29, 1.82) is 0 Å². The van der Waals surface area contributed by atoms with Crippen molar-refractivity contribution in [2.24, 2.45) is 11.7 Å². The van der Waals surface area contributed by atoms with Crippen LogP contribution in [0.4, 0.5) is 0 Å². The predicted molar refractivity (Wildman–Crippen MR) is 55.3 cm³/mol. The van der Waals surface area contributed by atoms with Gasteiger partial charge in [-0.15, -0.1) is 0 Å². The summed E-state index contributed by atoms with van der Waals surface area (Å²) in [5.74, 6) is 0.124. The molecule has 2 aliphatic heterocycles. The zero-order chi connectivity index (χ0) is 10.7. The fourth-order valence-corrected chi connectivity index (χ4v) is 2.32. The standard InChI is InChI=1S/C10H20N2O3/c11-7-10(13)1-2-12-6-8(10)5-9-14-3-4-15-9/h8-9,12-13H,1-7,11H2. The van der Waals surface area contributed by atoms with Gasteiger partial charge < -0.3 is 25.6 Å². The normalized spacial score (nSPS) is 38.4. The lowest BCUT2D eigenvalue weighted by atomic mass is 9.79. The first-order valence-corrected chi connectivity index (χ1v) is 5.61. The molecule has 2 atom stereocenters. The molecule has 2 rings (SSSR count). The van der Waals surface area contributed by atoms with E-state index in [0.29, 0.717) is 26.2 Å². The van der Waals surface area contributed by atoms with Gasteiger partial charge in [-0.2, -0.15) is 0 Å². The van der Waals surface area contributed by atoms with E-state index in [1.807, 2.05) is 0 Å². The van der Waals surface area contributed by atoms with E-state index in [4.69, 9.17) is 15.2 Å². The van der Waals surface area contributed by atoms with Gasteiger partial charge in [0.05, 0.1) is 18.8 Å². The van der Waals surface area contributed by atoms with Crippen LogP contribution in [0.2, 0.25) is 0 Å². The van der Waals surface area contributed by atoms with Gasteiger partial charge in [0.1, 0.15) is 0 Å². The number of aliphatic hydroxyl groups is 1. The molecule has 0 bridgehead atoms. The first kappa shape index (κ1) is 11.3. The van der Waals surface area contributed by atoms with Crippen molar-refractivity contribution in [1.82, 2.24) is 5.32 Å². The van der Waals surface area contributed by atoms with Crippen LogP contribution >= 0.6 is 0 Å². The molecule has 0 aliphatic carbocycles. The molecule has 5 nitrogen and oxygen atoms in total. The third kappa shape index (κ3) is 2.49. The van der Waals surface area contributed by atoms with Crippen LogP contribution in [-0.2, 0) is 9.47 Å². The first-order chi connectivity index (χ1) is 7.24. The molecule has 15 heavy (non-hydrogen) atoms. The van der Waals surface area contributed by atoms with Crippen molar-refractivity contribution in [2.45, 2.75) is 24.7 Å². The Kier molecular flexibility index (Phi) is 3.58. The fourth-order valence-electron chi connectivity index (χ4n) is 2.32. The summed E-state index contributed by atoms with van der Waals surface area (Å²) < 4.78 is 10.8. The van der Waals surface area contributed by atoms with E-state index in [1.165, 1.54) is 0 Å². The third-order valence-corrected chi connectivity index (χ3v) is 3.41. The lowest BCUT2D eigenvalue weighted by Crippen LogP contribution is -2.55. The second-order valence-corrected chi connectivity index (χ2v) is 4.37. The largest absolute Gasteiger partial charge is 0.388 e. The van der Waals surface area contributed by atoms with Crippen molar-refractivity contribution >= 4 is 0 Å². The van der Waals surface area contributed by atoms with Gasteiger partial charge in [0.2, 0.25) is 0 Å². The van der Waals surface area contributed by atoms with Crippen LogP contribution in [0.25, 0.3) is 0 Å². The van der Waals surface area contributed by atoms with Crippen LogP contribution in [0.15, 0.2) is 0 Å². The van der Waals surface area contributed by atoms with E-state index >= 15 is 0 Å². The lowest BCUT2D eigenvalue weighted by molar-refractivity contribution is -0.101. The van der Waals surface area contributed by atoms with Crippen molar-refractivity contribution in [2.75, 3.05) is 32.8 Å². The Morgan fingerprint density at radius 3 is 2.80 bits per heavy atom. The second-order valence-electron chi connectivity index (χ2n) is 4.37. The molecule has 2 aliphatic rings. The molecule has 0 saturated carbocycles. The summed E-state index contributed by atoms with van der Waals surface area (Å²) in [5.41, 5.74) is 4.89. The lowest BCUT2D eigenvalue weighted by Gasteiger charge is -2.40. The summed E-state index contributed by atoms with van der Waals surface area (Å²) in [5, 5.41) is 13.6. The molecule has 4 N–H and O–H groups in total. The molecule has 2 unspecified atom stereocenters. The highest BCUT2D eigenvalue weighted by molar-refractivity contribution is 4.93. The van der Waals surface area contributed by atoms with Crippen LogP contribution in [0.3, 0.4) is 0 Å². The average Bonchev–Trinajstić information content (AvgIpc) is 2.74. The Labute approximate surface area is 89.9 Å². The molecule has 2 fully saturated rings. The van der Waals surface area contributed by atoms with Gasteiger partial charge in [-0.05, 0) is 13.0 Å². The predicted octanol–water partition coefficient (Wildman–Crippen LogP) is -0.951. The Bertz CT molecular complexity index is 209. The molecule has 0 aromatic heterocycles. The minimum atomic E-state index is -0.749. The molecule has 0 aromatic rings. The van der Waals surface area contributed by atoms with Crippen LogP contribution < -0.4 is 11.1 Å². The third-order valence-electron chi connectivity index (χ3n) is 3.41. The number of nitrogens with one attached hydrogen (secondary N) is 1. The highest BCUT2D eigenvalue weighted by Crippen LogP contribution is 2.29. The van der Waals surface area contributed by atoms with Gasteiger partial charge in [-0.1, -0.05) is 0 Å². The Balaban J connectivity index is 1.92. The smallest absolute Gasteiger partial charge is 0.158 e. The number of nitrogens with two attached hydrogens (primary N) is 1. The molecular formula is C10H20N2O3. The highest BCUT2D eigenvalue weighted by atomic mass is 16.7. The van der Waals surface area contributed by atoms with E-state index in [-0.39, 0.29) is 12.2 Å². The van der Waals surface area contributed by atoms with E-state index in [9.17, 15) is 5.11 Å². The van der Waals surface area contributed by atoms with Crippen molar-refractivity contribution in [3.8, 4) is 0 Å². The molecule has 0 aromatic carbocycles. The molecule has 88 valence electrons. The van der Waals surface area contributed by atoms with Crippen LogP contribution in [0.1, 0.15) is 12.8 Å². The van der Waals surface area contributed by atoms with E-state index in [0.717, 1.165) is 19.5 Å². The quantitative estimate of drug-likeness (QED) is 0.567. The Morgan fingerprint density at radius 1 is 1.40 bits per heavy atom. The summed E-state index contributed by atoms with van der Waals surface area (Å²) in [6.07, 6.45) is 1.27. The minimum Gasteiger partial charge on any atom is -0.388 e. The number of hydrogen-bond acceptors (Lipinski definition) is 5. The summed E-state index contributed by atoms with van der Waals surface area (Å²) in [7, 11) is 0. The molecule has 0 amide bonds. The van der Waals surface area contributed by atoms with Crippen molar-refractivity contribution in [3.63, 3.8) is 0 Å². The molecule has 5 heteroatoms. The van der Waals surface area contributed by atoms with Crippen LogP contribution in [-0.4, -0.2) is 49.8 Å². The average molecular weight is 216 g/mol. The van der Waals surface area contributed by atoms with Crippen LogP contribution in [0, 0.1) is 5.92 Å². The highest BCUT2D eigenvalue weighted by Gasteiger charge is 2.39. The van der Waals surface area contributed by atoms with Gasteiger partial charge in [0.15, 0.2) is 6.29 Å². The van der Waals surface area contributed by atoms with Crippen molar-refractivity contribution in [3.05, 3.63) is 0 Å². The molecule has 0 spiro atoms. The number of hydrogen-bond donors (Lipinski definition) is 3. The second kappa shape index (κ2) is 4.76. The maximum absolute atomic E-state index is 10.3.